The molecule has 0 aliphatic carbocycles. The van der Waals surface area contributed by atoms with Crippen LogP contribution in [0.5, 0.6) is 5.75 Å². The Morgan fingerprint density at radius 2 is 1.69 bits per heavy atom. The molecule has 2 aromatic rings. The summed E-state index contributed by atoms with van der Waals surface area (Å²) in [5, 5.41) is 0.947. The maximum absolute atomic E-state index is 13.1. The topological polar surface area (TPSA) is 32.8 Å². The monoisotopic (exact) mass is 458 g/mol. The van der Waals surface area contributed by atoms with Crippen LogP contribution in [0.1, 0.15) is 19.4 Å². The van der Waals surface area contributed by atoms with Crippen molar-refractivity contribution < 1.29 is 13.9 Å². The smallest absolute Gasteiger partial charge is 0.260 e. The third kappa shape index (κ3) is 5.54. The van der Waals surface area contributed by atoms with Gasteiger partial charge in [-0.15, -0.1) is 0 Å². The first-order chi connectivity index (χ1) is 13.7. The van der Waals surface area contributed by atoms with E-state index in [-0.39, 0.29) is 30.4 Å². The Bertz CT molecular complexity index is 879. The molecule has 1 aliphatic heterocycles. The van der Waals surface area contributed by atoms with Crippen molar-refractivity contribution in [1.29, 1.82) is 0 Å². The number of amides is 1. The van der Waals surface area contributed by atoms with Gasteiger partial charge in [0.2, 0.25) is 0 Å². The lowest BCUT2D eigenvalue weighted by Crippen LogP contribution is -2.58. The number of halogens is 4. The number of rotatable bonds is 5. The summed E-state index contributed by atoms with van der Waals surface area (Å²) in [5.74, 6) is -0.0364. The molecule has 2 aromatic carbocycles. The molecule has 2 atom stereocenters. The fraction of sp³-hybridized carbons (Fsp3) is 0.381. The number of nitrogens with zero attached hydrogens (tertiary/aromatic N) is 2. The Morgan fingerprint density at radius 1 is 1.03 bits per heavy atom. The second-order valence-electron chi connectivity index (χ2n) is 7.29. The van der Waals surface area contributed by atoms with Crippen molar-refractivity contribution in [2.24, 2.45) is 0 Å². The van der Waals surface area contributed by atoms with Crippen LogP contribution in [-0.2, 0) is 11.3 Å². The number of piperazine rings is 1. The molecule has 0 unspecified atom stereocenters. The molecule has 1 aliphatic rings. The maximum atomic E-state index is 13.1. The summed E-state index contributed by atoms with van der Waals surface area (Å²) in [7, 11) is 0. The lowest BCUT2D eigenvalue weighted by Gasteiger charge is -2.44. The van der Waals surface area contributed by atoms with E-state index in [9.17, 15) is 9.18 Å². The molecule has 1 amide bonds. The van der Waals surface area contributed by atoms with Crippen LogP contribution in [0.3, 0.4) is 0 Å². The van der Waals surface area contributed by atoms with Crippen LogP contribution in [-0.4, -0.2) is 47.5 Å². The molecule has 4 nitrogen and oxygen atoms in total. The van der Waals surface area contributed by atoms with Crippen LogP contribution in [0.15, 0.2) is 36.4 Å². The van der Waals surface area contributed by atoms with Gasteiger partial charge in [-0.05, 0) is 37.6 Å². The average molecular weight is 460 g/mol. The van der Waals surface area contributed by atoms with Gasteiger partial charge >= 0.3 is 0 Å². The summed E-state index contributed by atoms with van der Waals surface area (Å²) in [6.45, 7) is 5.97. The van der Waals surface area contributed by atoms with E-state index in [1.165, 1.54) is 24.3 Å². The van der Waals surface area contributed by atoms with E-state index in [0.29, 0.717) is 33.9 Å². The number of hydrogen-bond donors (Lipinski definition) is 0. The Hall–Kier alpha value is -1.53. The molecule has 1 heterocycles. The number of carbonyl (C=O) groups is 1. The molecule has 0 radical (unpaired) electrons. The lowest BCUT2D eigenvalue weighted by molar-refractivity contribution is -0.139. The molecule has 29 heavy (non-hydrogen) atoms. The largest absolute Gasteiger partial charge is 0.482 e. The molecular formula is C21H22Cl3FN2O2. The highest BCUT2D eigenvalue weighted by Crippen LogP contribution is 2.34. The Morgan fingerprint density at radius 3 is 2.38 bits per heavy atom. The normalized spacial score (nSPS) is 20.0. The van der Waals surface area contributed by atoms with Crippen LogP contribution in [0.2, 0.25) is 15.1 Å². The van der Waals surface area contributed by atoms with Gasteiger partial charge in [-0.3, -0.25) is 9.69 Å². The van der Waals surface area contributed by atoms with Gasteiger partial charge in [0.15, 0.2) is 6.61 Å². The van der Waals surface area contributed by atoms with Crippen molar-refractivity contribution in [3.05, 3.63) is 62.8 Å². The molecule has 0 aromatic heterocycles. The minimum absolute atomic E-state index is 0.0204. The Kier molecular flexibility index (Phi) is 7.28. The van der Waals surface area contributed by atoms with Crippen molar-refractivity contribution in [1.82, 2.24) is 9.80 Å². The van der Waals surface area contributed by atoms with Crippen LogP contribution in [0, 0.1) is 5.82 Å². The quantitative estimate of drug-likeness (QED) is 0.570. The fourth-order valence-corrected chi connectivity index (χ4v) is 4.02. The van der Waals surface area contributed by atoms with Crippen molar-refractivity contribution in [2.45, 2.75) is 32.5 Å². The minimum Gasteiger partial charge on any atom is -0.482 e. The Labute approximate surface area is 185 Å². The maximum Gasteiger partial charge on any atom is 0.260 e. The van der Waals surface area contributed by atoms with Crippen molar-refractivity contribution >= 4 is 40.7 Å². The summed E-state index contributed by atoms with van der Waals surface area (Å²) < 4.78 is 18.7. The van der Waals surface area contributed by atoms with Crippen LogP contribution < -0.4 is 4.74 Å². The first kappa shape index (κ1) is 22.2. The van der Waals surface area contributed by atoms with Crippen LogP contribution >= 0.6 is 34.8 Å². The summed E-state index contributed by atoms with van der Waals surface area (Å²) in [4.78, 5) is 16.8. The summed E-state index contributed by atoms with van der Waals surface area (Å²) in [6.07, 6.45) is 0. The first-order valence-corrected chi connectivity index (χ1v) is 10.4. The van der Waals surface area contributed by atoms with Crippen molar-refractivity contribution in [3.63, 3.8) is 0 Å². The zero-order valence-corrected chi connectivity index (χ0v) is 18.4. The number of ether oxygens (including phenoxy) is 1. The van der Waals surface area contributed by atoms with Gasteiger partial charge in [-0.2, -0.15) is 0 Å². The second kappa shape index (κ2) is 9.52. The van der Waals surface area contributed by atoms with Gasteiger partial charge in [-0.25, -0.2) is 4.39 Å². The van der Waals surface area contributed by atoms with Crippen LogP contribution in [0.25, 0.3) is 0 Å². The molecule has 1 fully saturated rings. The van der Waals surface area contributed by atoms with E-state index in [0.717, 1.165) is 12.1 Å². The predicted octanol–water partition coefficient (Wildman–Crippen LogP) is 5.29. The molecule has 0 saturated carbocycles. The van der Waals surface area contributed by atoms with Gasteiger partial charge in [0.1, 0.15) is 11.6 Å². The lowest BCUT2D eigenvalue weighted by atomic mass is 10.1. The van der Waals surface area contributed by atoms with E-state index in [1.54, 1.807) is 12.1 Å². The highest BCUT2D eigenvalue weighted by molar-refractivity contribution is 6.43. The first-order valence-electron chi connectivity index (χ1n) is 9.30. The summed E-state index contributed by atoms with van der Waals surface area (Å²) in [6, 6.07) is 9.69. The zero-order chi connectivity index (χ0) is 21.1. The zero-order valence-electron chi connectivity index (χ0n) is 16.2. The van der Waals surface area contributed by atoms with Gasteiger partial charge in [0, 0.05) is 37.8 Å². The highest BCUT2D eigenvalue weighted by Gasteiger charge is 2.32. The third-order valence-electron chi connectivity index (χ3n) is 5.06. The van der Waals surface area contributed by atoms with Gasteiger partial charge < -0.3 is 9.64 Å². The summed E-state index contributed by atoms with van der Waals surface area (Å²) in [5.41, 5.74) is 1.04. The molecule has 0 spiro atoms. The van der Waals surface area contributed by atoms with E-state index in [1.807, 2.05) is 11.8 Å². The van der Waals surface area contributed by atoms with E-state index >= 15 is 0 Å². The third-order valence-corrected chi connectivity index (χ3v) is 6.08. The van der Waals surface area contributed by atoms with Crippen LogP contribution in [0.4, 0.5) is 4.39 Å². The number of carbonyl (C=O) groups excluding carboxylic acids is 1. The van der Waals surface area contributed by atoms with E-state index in [4.69, 9.17) is 39.5 Å². The van der Waals surface area contributed by atoms with Gasteiger partial charge in [-0.1, -0.05) is 46.9 Å². The van der Waals surface area contributed by atoms with Gasteiger partial charge in [0.05, 0.1) is 15.1 Å². The highest BCUT2D eigenvalue weighted by atomic mass is 35.5. The molecule has 3 rings (SSSR count). The molecule has 156 valence electrons. The predicted molar refractivity (Wildman–Crippen MR) is 114 cm³/mol. The standard InChI is InChI=1S/C21H22Cl3FN2O2/c1-13-10-27(14(2)9-26(13)11-15-3-5-16(25)6-4-15)21(28)12-29-20-8-18(23)17(22)7-19(20)24/h3-8,13-14H,9-12H2,1-2H3/t13-,14+/m1/s1. The van der Waals surface area contributed by atoms with Crippen molar-refractivity contribution in [3.8, 4) is 5.75 Å². The van der Waals surface area contributed by atoms with E-state index in [2.05, 4.69) is 11.8 Å². The average Bonchev–Trinajstić information content (AvgIpc) is 2.67. The van der Waals surface area contributed by atoms with E-state index < -0.39 is 0 Å². The Balaban J connectivity index is 1.58. The molecule has 0 bridgehead atoms. The molecule has 0 N–H and O–H groups in total. The van der Waals surface area contributed by atoms with Crippen molar-refractivity contribution in [2.75, 3.05) is 19.7 Å². The molecule has 8 heteroatoms. The summed E-state index contributed by atoms with van der Waals surface area (Å²) >= 11 is 18.0. The molecular weight excluding hydrogens is 438 g/mol. The number of benzene rings is 2. The molecule has 1 saturated heterocycles. The fourth-order valence-electron chi connectivity index (χ4n) is 3.43. The SMILES string of the molecule is C[C@@H]1CN(C(=O)COc2cc(Cl)c(Cl)cc2Cl)[C@@H](C)CN1Cc1ccc(F)cc1. The number of hydrogen-bond acceptors (Lipinski definition) is 3. The minimum atomic E-state index is -0.243. The second-order valence-corrected chi connectivity index (χ2v) is 8.51. The van der Waals surface area contributed by atoms with Gasteiger partial charge in [0.25, 0.3) is 5.91 Å².